The molecule has 1 aromatic heterocycles. The average Bonchev–Trinajstić information content (AvgIpc) is 3.34. The van der Waals surface area contributed by atoms with E-state index in [9.17, 15) is 4.79 Å². The fourth-order valence-electron chi connectivity index (χ4n) is 5.01. The minimum atomic E-state index is 0.0775. The smallest absolute Gasteiger partial charge is 0.224 e. The van der Waals surface area contributed by atoms with E-state index in [0.29, 0.717) is 6.54 Å². The first-order valence-corrected chi connectivity index (χ1v) is 12.1. The number of likely N-dealkylation sites (tertiary alicyclic amines) is 1. The number of carbonyl (C=O) groups excluding carboxylic acids is 1. The van der Waals surface area contributed by atoms with E-state index in [-0.39, 0.29) is 5.91 Å². The van der Waals surface area contributed by atoms with Gasteiger partial charge < -0.3 is 15.1 Å². The zero-order chi connectivity index (χ0) is 22.6. The lowest BCUT2D eigenvalue weighted by Crippen LogP contribution is -2.30. The van der Waals surface area contributed by atoms with Gasteiger partial charge >= 0.3 is 0 Å². The number of fused-ring (bicyclic) bond motifs is 2. The lowest BCUT2D eigenvalue weighted by atomic mass is 9.93. The van der Waals surface area contributed by atoms with Crippen LogP contribution in [0.4, 0.5) is 11.5 Å². The van der Waals surface area contributed by atoms with Gasteiger partial charge in [0.05, 0.1) is 12.2 Å². The normalized spacial score (nSPS) is 16.0. The molecule has 0 radical (unpaired) electrons. The summed E-state index contributed by atoms with van der Waals surface area (Å²) in [4.78, 5) is 21.7. The number of pyridine rings is 1. The summed E-state index contributed by atoms with van der Waals surface area (Å²) >= 11 is 0. The number of anilines is 2. The van der Waals surface area contributed by atoms with Crippen LogP contribution in [0.3, 0.4) is 0 Å². The molecule has 0 atom stereocenters. The highest BCUT2D eigenvalue weighted by molar-refractivity contribution is 5.92. The Morgan fingerprint density at radius 3 is 2.61 bits per heavy atom. The van der Waals surface area contributed by atoms with Crippen molar-refractivity contribution in [2.45, 2.75) is 39.2 Å². The summed E-state index contributed by atoms with van der Waals surface area (Å²) < 4.78 is 0. The summed E-state index contributed by atoms with van der Waals surface area (Å²) in [6.45, 7) is 6.68. The van der Waals surface area contributed by atoms with Crippen molar-refractivity contribution in [2.75, 3.05) is 36.4 Å². The van der Waals surface area contributed by atoms with Crippen molar-refractivity contribution in [3.63, 3.8) is 0 Å². The zero-order valence-corrected chi connectivity index (χ0v) is 19.4. The first-order valence-electron chi connectivity index (χ1n) is 12.1. The molecule has 0 unspecified atom stereocenters. The Morgan fingerprint density at radius 1 is 0.939 bits per heavy atom. The molecule has 33 heavy (non-hydrogen) atoms. The van der Waals surface area contributed by atoms with E-state index in [2.05, 4.69) is 58.7 Å². The molecule has 3 heterocycles. The van der Waals surface area contributed by atoms with Gasteiger partial charge in [-0.1, -0.05) is 36.4 Å². The number of hydrogen-bond donors (Lipinski definition) is 1. The number of para-hydroxylation sites is 1. The second kappa shape index (κ2) is 9.75. The Bertz CT molecular complexity index is 1140. The SMILES string of the molecule is CC(=O)N1Cc2ccc(-c3cccc(NCCN4CCCC4)n3)cc2CCc2ccccc21. The number of nitrogens with one attached hydrogen (secondary N) is 1. The molecule has 2 aromatic carbocycles. The second-order valence-electron chi connectivity index (χ2n) is 9.10. The molecular weight excluding hydrogens is 408 g/mol. The summed E-state index contributed by atoms with van der Waals surface area (Å²) in [6, 6.07) is 21.0. The van der Waals surface area contributed by atoms with Gasteiger partial charge in [0.2, 0.25) is 5.91 Å². The fourth-order valence-corrected chi connectivity index (χ4v) is 5.01. The minimum absolute atomic E-state index is 0.0775. The number of hydrogen-bond acceptors (Lipinski definition) is 4. The molecule has 1 N–H and O–H groups in total. The topological polar surface area (TPSA) is 48.5 Å². The van der Waals surface area contributed by atoms with Gasteiger partial charge in [-0.3, -0.25) is 4.79 Å². The Morgan fingerprint density at radius 2 is 1.76 bits per heavy atom. The van der Waals surface area contributed by atoms with Gasteiger partial charge in [-0.15, -0.1) is 0 Å². The van der Waals surface area contributed by atoms with E-state index < -0.39 is 0 Å². The molecular formula is C28H32N4O. The number of nitrogens with zero attached hydrogens (tertiary/aromatic N) is 3. The van der Waals surface area contributed by atoms with E-state index in [1.165, 1.54) is 42.6 Å². The van der Waals surface area contributed by atoms with Crippen LogP contribution in [0.1, 0.15) is 36.5 Å². The van der Waals surface area contributed by atoms with Crippen LogP contribution >= 0.6 is 0 Å². The van der Waals surface area contributed by atoms with Crippen molar-refractivity contribution in [1.82, 2.24) is 9.88 Å². The minimum Gasteiger partial charge on any atom is -0.369 e. The maximum atomic E-state index is 12.4. The van der Waals surface area contributed by atoms with Crippen LogP contribution in [0, 0.1) is 0 Å². The average molecular weight is 441 g/mol. The van der Waals surface area contributed by atoms with Gasteiger partial charge in [-0.2, -0.15) is 0 Å². The molecule has 1 amide bonds. The van der Waals surface area contributed by atoms with Gasteiger partial charge in [0.1, 0.15) is 5.82 Å². The molecule has 5 nitrogen and oxygen atoms in total. The largest absolute Gasteiger partial charge is 0.369 e. The summed E-state index contributed by atoms with van der Waals surface area (Å²) in [5.41, 5.74) is 6.88. The van der Waals surface area contributed by atoms with Crippen molar-refractivity contribution in [1.29, 1.82) is 0 Å². The van der Waals surface area contributed by atoms with Crippen LogP contribution in [0.5, 0.6) is 0 Å². The quantitative estimate of drug-likeness (QED) is 0.613. The van der Waals surface area contributed by atoms with Crippen LogP contribution in [-0.4, -0.2) is 42.0 Å². The third-order valence-electron chi connectivity index (χ3n) is 6.84. The molecule has 2 aliphatic rings. The molecule has 5 rings (SSSR count). The van der Waals surface area contributed by atoms with Crippen molar-refractivity contribution in [3.05, 3.63) is 77.4 Å². The number of benzene rings is 2. The lowest BCUT2D eigenvalue weighted by molar-refractivity contribution is -0.116. The van der Waals surface area contributed by atoms with Crippen LogP contribution in [0.15, 0.2) is 60.7 Å². The van der Waals surface area contributed by atoms with E-state index in [1.54, 1.807) is 6.92 Å². The highest BCUT2D eigenvalue weighted by atomic mass is 16.2. The molecule has 0 bridgehead atoms. The molecule has 170 valence electrons. The highest BCUT2D eigenvalue weighted by Gasteiger charge is 2.20. The maximum Gasteiger partial charge on any atom is 0.224 e. The van der Waals surface area contributed by atoms with Crippen molar-refractivity contribution in [2.24, 2.45) is 0 Å². The summed E-state index contributed by atoms with van der Waals surface area (Å²) in [5, 5.41) is 3.49. The van der Waals surface area contributed by atoms with Crippen molar-refractivity contribution >= 4 is 17.4 Å². The molecule has 1 fully saturated rings. The number of rotatable bonds is 5. The molecule has 0 spiro atoms. The Labute approximate surface area is 196 Å². The first kappa shape index (κ1) is 21.7. The van der Waals surface area contributed by atoms with Gasteiger partial charge in [0, 0.05) is 31.3 Å². The van der Waals surface area contributed by atoms with Crippen LogP contribution < -0.4 is 10.2 Å². The molecule has 2 aliphatic heterocycles. The number of aryl methyl sites for hydroxylation is 2. The first-order chi connectivity index (χ1) is 16.2. The summed E-state index contributed by atoms with van der Waals surface area (Å²) in [7, 11) is 0. The van der Waals surface area contributed by atoms with E-state index >= 15 is 0 Å². The maximum absolute atomic E-state index is 12.4. The highest BCUT2D eigenvalue weighted by Crippen LogP contribution is 2.30. The van der Waals surface area contributed by atoms with Crippen LogP contribution in [-0.2, 0) is 24.2 Å². The molecule has 3 aromatic rings. The van der Waals surface area contributed by atoms with Crippen molar-refractivity contribution in [3.8, 4) is 11.3 Å². The monoisotopic (exact) mass is 440 g/mol. The second-order valence-corrected chi connectivity index (χ2v) is 9.10. The predicted molar refractivity (Wildman–Crippen MR) is 135 cm³/mol. The fraction of sp³-hybridized carbons (Fsp3) is 0.357. The van der Waals surface area contributed by atoms with Crippen LogP contribution in [0.25, 0.3) is 11.3 Å². The summed E-state index contributed by atoms with van der Waals surface area (Å²) in [5.74, 6) is 1.00. The molecule has 0 aliphatic carbocycles. The van der Waals surface area contributed by atoms with E-state index in [4.69, 9.17) is 4.98 Å². The molecule has 0 saturated carbocycles. The Hall–Kier alpha value is -3.18. The standard InChI is InChI=1S/C28H32N4O/c1-21(33)32-20-25-14-13-24(19-23(25)12-11-22-7-2-3-9-27(22)32)26-8-6-10-28(30-26)29-15-18-31-16-4-5-17-31/h2-3,6-10,13-14,19H,4-5,11-12,15-18,20H2,1H3,(H,29,30). The van der Waals surface area contributed by atoms with E-state index in [0.717, 1.165) is 48.7 Å². The Kier molecular flexibility index (Phi) is 6.40. The third kappa shape index (κ3) is 4.93. The Balaban J connectivity index is 1.35. The van der Waals surface area contributed by atoms with Gasteiger partial charge in [0.25, 0.3) is 0 Å². The van der Waals surface area contributed by atoms with Gasteiger partial charge in [-0.05, 0) is 79.7 Å². The van der Waals surface area contributed by atoms with Crippen molar-refractivity contribution < 1.29 is 4.79 Å². The number of aromatic nitrogens is 1. The predicted octanol–water partition coefficient (Wildman–Crippen LogP) is 4.91. The number of amides is 1. The van der Waals surface area contributed by atoms with E-state index in [1.807, 2.05) is 17.0 Å². The third-order valence-corrected chi connectivity index (χ3v) is 6.84. The molecule has 1 saturated heterocycles. The lowest BCUT2D eigenvalue weighted by Gasteiger charge is -2.28. The molecule has 5 heteroatoms. The van der Waals surface area contributed by atoms with Gasteiger partial charge in [0.15, 0.2) is 0 Å². The van der Waals surface area contributed by atoms with Gasteiger partial charge in [-0.25, -0.2) is 4.98 Å². The summed E-state index contributed by atoms with van der Waals surface area (Å²) in [6.07, 6.45) is 4.52. The number of carbonyl (C=O) groups is 1. The van der Waals surface area contributed by atoms with Crippen LogP contribution in [0.2, 0.25) is 0 Å². The zero-order valence-electron chi connectivity index (χ0n) is 19.4.